The average molecular weight is 150 g/mol. The highest BCUT2D eigenvalue weighted by molar-refractivity contribution is 7.12. The lowest BCUT2D eigenvalue weighted by atomic mass is 10.3. The van der Waals surface area contributed by atoms with Gasteiger partial charge in [-0.3, -0.25) is 4.99 Å². The average Bonchev–Trinajstić information content (AvgIpc) is 2.43. The molecular formula is C7H6N2S. The molecule has 0 aliphatic carbocycles. The topological polar surface area (TPSA) is 36.1 Å². The van der Waals surface area contributed by atoms with E-state index in [-0.39, 0.29) is 0 Å². The van der Waals surface area contributed by atoms with Crippen LogP contribution in [-0.2, 0) is 0 Å². The predicted octanol–water partition coefficient (Wildman–Crippen LogP) is 1.69. The third-order valence-electron chi connectivity index (χ3n) is 1.08. The van der Waals surface area contributed by atoms with Gasteiger partial charge in [-0.25, -0.2) is 0 Å². The fraction of sp³-hybridized carbons (Fsp3) is 0.143. The van der Waals surface area contributed by atoms with Crippen LogP contribution in [-0.4, -0.2) is 12.8 Å². The Bertz CT molecular complexity index is 266. The van der Waals surface area contributed by atoms with Crippen molar-refractivity contribution in [3.63, 3.8) is 0 Å². The van der Waals surface area contributed by atoms with Crippen LogP contribution in [0.15, 0.2) is 22.5 Å². The molecule has 50 valence electrons. The Morgan fingerprint density at radius 2 is 2.60 bits per heavy atom. The first-order valence-corrected chi connectivity index (χ1v) is 3.67. The van der Waals surface area contributed by atoms with Crippen LogP contribution in [0.4, 0.5) is 0 Å². The van der Waals surface area contributed by atoms with Gasteiger partial charge < -0.3 is 0 Å². The van der Waals surface area contributed by atoms with Crippen molar-refractivity contribution in [2.24, 2.45) is 4.99 Å². The second-order valence-electron chi connectivity index (χ2n) is 1.66. The van der Waals surface area contributed by atoms with E-state index in [9.17, 15) is 0 Å². The largest absolute Gasteiger partial charge is 0.276 e. The highest BCUT2D eigenvalue weighted by Crippen LogP contribution is 2.08. The zero-order chi connectivity index (χ0) is 7.40. The fourth-order valence-corrected chi connectivity index (χ4v) is 1.34. The molecule has 10 heavy (non-hydrogen) atoms. The van der Waals surface area contributed by atoms with Crippen LogP contribution in [0.2, 0.25) is 0 Å². The van der Waals surface area contributed by atoms with E-state index in [0.29, 0.717) is 5.71 Å². The monoisotopic (exact) mass is 150 g/mol. The van der Waals surface area contributed by atoms with E-state index >= 15 is 0 Å². The number of thiophene rings is 1. The molecule has 0 aliphatic heterocycles. The van der Waals surface area contributed by atoms with Gasteiger partial charge in [-0.1, -0.05) is 6.07 Å². The van der Waals surface area contributed by atoms with Gasteiger partial charge >= 0.3 is 0 Å². The van der Waals surface area contributed by atoms with E-state index < -0.39 is 0 Å². The molecule has 0 fully saturated rings. The van der Waals surface area contributed by atoms with Gasteiger partial charge in [-0.2, -0.15) is 5.26 Å². The summed E-state index contributed by atoms with van der Waals surface area (Å²) in [6.45, 7) is 0. The van der Waals surface area contributed by atoms with Gasteiger partial charge in [-0.05, 0) is 11.4 Å². The molecular weight excluding hydrogens is 144 g/mol. The molecule has 0 spiro atoms. The van der Waals surface area contributed by atoms with E-state index in [1.165, 1.54) is 11.3 Å². The van der Waals surface area contributed by atoms with Crippen LogP contribution >= 0.6 is 11.3 Å². The van der Waals surface area contributed by atoms with Crippen LogP contribution in [0.25, 0.3) is 0 Å². The Morgan fingerprint density at radius 3 is 3.00 bits per heavy atom. The summed E-state index contributed by atoms with van der Waals surface area (Å²) in [4.78, 5) is 4.75. The summed E-state index contributed by atoms with van der Waals surface area (Å²) in [5.74, 6) is 0. The summed E-state index contributed by atoms with van der Waals surface area (Å²) in [6.07, 6.45) is 0. The third-order valence-corrected chi connectivity index (χ3v) is 1.96. The van der Waals surface area contributed by atoms with E-state index in [4.69, 9.17) is 5.26 Å². The Labute approximate surface area is 63.5 Å². The summed E-state index contributed by atoms with van der Waals surface area (Å²) in [5, 5.41) is 10.5. The predicted molar refractivity (Wildman–Crippen MR) is 42.4 cm³/mol. The van der Waals surface area contributed by atoms with Crippen LogP contribution in [0.5, 0.6) is 0 Å². The highest BCUT2D eigenvalue weighted by Gasteiger charge is 1.99. The van der Waals surface area contributed by atoms with Gasteiger partial charge in [0, 0.05) is 7.05 Å². The van der Waals surface area contributed by atoms with Gasteiger partial charge in [0.25, 0.3) is 0 Å². The van der Waals surface area contributed by atoms with Crippen LogP contribution in [0.3, 0.4) is 0 Å². The minimum absolute atomic E-state index is 0.509. The van der Waals surface area contributed by atoms with Crippen molar-refractivity contribution in [3.8, 4) is 6.07 Å². The first-order chi connectivity index (χ1) is 4.88. The molecule has 0 saturated heterocycles. The smallest absolute Gasteiger partial charge is 0.152 e. The minimum Gasteiger partial charge on any atom is -0.276 e. The number of hydrogen-bond donors (Lipinski definition) is 0. The van der Waals surface area contributed by atoms with Crippen LogP contribution in [0.1, 0.15) is 4.88 Å². The summed E-state index contributed by atoms with van der Waals surface area (Å²) in [7, 11) is 1.62. The van der Waals surface area contributed by atoms with E-state index in [1.54, 1.807) is 7.05 Å². The van der Waals surface area contributed by atoms with E-state index in [0.717, 1.165) is 4.88 Å². The number of nitriles is 1. The van der Waals surface area contributed by atoms with Crippen LogP contribution < -0.4 is 0 Å². The third kappa shape index (κ3) is 1.23. The number of hydrogen-bond acceptors (Lipinski definition) is 3. The first kappa shape index (κ1) is 6.97. The van der Waals surface area contributed by atoms with Crippen molar-refractivity contribution in [1.29, 1.82) is 5.26 Å². The molecule has 0 saturated carbocycles. The molecule has 3 heteroatoms. The van der Waals surface area contributed by atoms with Gasteiger partial charge in [0.15, 0.2) is 5.71 Å². The molecule has 0 amide bonds. The minimum atomic E-state index is 0.509. The van der Waals surface area contributed by atoms with Crippen LogP contribution in [0, 0.1) is 11.3 Å². The molecule has 1 aromatic heterocycles. The molecule has 0 N–H and O–H groups in total. The van der Waals surface area contributed by atoms with Gasteiger partial charge in [-0.15, -0.1) is 11.3 Å². The van der Waals surface area contributed by atoms with E-state index in [2.05, 4.69) is 4.99 Å². The van der Waals surface area contributed by atoms with Crippen molar-refractivity contribution < 1.29 is 0 Å². The second kappa shape index (κ2) is 3.14. The molecule has 1 aromatic rings. The summed E-state index contributed by atoms with van der Waals surface area (Å²) < 4.78 is 0. The lowest BCUT2D eigenvalue weighted by Crippen LogP contribution is -1.91. The summed E-state index contributed by atoms with van der Waals surface area (Å²) in [6, 6.07) is 5.80. The Balaban J connectivity index is 2.99. The molecule has 0 bridgehead atoms. The quantitative estimate of drug-likeness (QED) is 0.561. The van der Waals surface area contributed by atoms with Gasteiger partial charge in [0.05, 0.1) is 4.88 Å². The summed E-state index contributed by atoms with van der Waals surface area (Å²) in [5.41, 5.74) is 0.509. The Hall–Kier alpha value is -1.14. The molecule has 1 heterocycles. The Morgan fingerprint density at radius 1 is 1.80 bits per heavy atom. The van der Waals surface area contributed by atoms with Crippen molar-refractivity contribution in [3.05, 3.63) is 22.4 Å². The molecule has 0 radical (unpaired) electrons. The fourth-order valence-electron chi connectivity index (χ4n) is 0.629. The molecule has 0 atom stereocenters. The first-order valence-electron chi connectivity index (χ1n) is 2.79. The maximum Gasteiger partial charge on any atom is 0.152 e. The Kier molecular flexibility index (Phi) is 2.19. The number of nitrogens with zero attached hydrogens (tertiary/aromatic N) is 2. The summed E-state index contributed by atoms with van der Waals surface area (Å²) >= 11 is 1.53. The normalized spacial score (nSPS) is 11.0. The van der Waals surface area contributed by atoms with Crippen molar-refractivity contribution in [2.75, 3.05) is 7.05 Å². The van der Waals surface area contributed by atoms with E-state index in [1.807, 2.05) is 23.6 Å². The second-order valence-corrected chi connectivity index (χ2v) is 2.61. The zero-order valence-electron chi connectivity index (χ0n) is 5.53. The van der Waals surface area contributed by atoms with Crippen molar-refractivity contribution >= 4 is 17.0 Å². The highest BCUT2D eigenvalue weighted by atomic mass is 32.1. The molecule has 2 nitrogen and oxygen atoms in total. The lowest BCUT2D eigenvalue weighted by molar-refractivity contribution is 1.44. The zero-order valence-corrected chi connectivity index (χ0v) is 6.35. The SMILES string of the molecule is C/N=C(\C#N)c1cccs1. The van der Waals surface area contributed by atoms with Crippen molar-refractivity contribution in [2.45, 2.75) is 0 Å². The molecule has 0 unspecified atom stereocenters. The molecule has 0 aromatic carbocycles. The number of aliphatic imine (C=N–C) groups is 1. The molecule has 1 rings (SSSR count). The molecule has 0 aliphatic rings. The number of rotatable bonds is 1. The van der Waals surface area contributed by atoms with Crippen molar-refractivity contribution in [1.82, 2.24) is 0 Å². The van der Waals surface area contributed by atoms with Gasteiger partial charge in [0.1, 0.15) is 6.07 Å². The maximum absolute atomic E-state index is 8.52. The lowest BCUT2D eigenvalue weighted by Gasteiger charge is -1.85. The maximum atomic E-state index is 8.52. The standard InChI is InChI=1S/C7H6N2S/c1-9-6(5-8)7-3-2-4-10-7/h2-4H,1H3/b9-6+. The van der Waals surface area contributed by atoms with Gasteiger partial charge in [0.2, 0.25) is 0 Å².